The highest BCUT2D eigenvalue weighted by Gasteiger charge is 2.52. The zero-order valence-corrected chi connectivity index (χ0v) is 20.3. The Morgan fingerprint density at radius 2 is 2.00 bits per heavy atom. The van der Waals surface area contributed by atoms with Crippen LogP contribution in [0.3, 0.4) is 0 Å². The minimum atomic E-state index is -4.02. The van der Waals surface area contributed by atoms with Crippen molar-refractivity contribution >= 4 is 19.5 Å². The maximum absolute atomic E-state index is 14.7. The largest absolute Gasteiger partial charge is 0.462 e. The standard InChI is InChI=1S/C21H28F2N5O6P/c1-13(2)32-18(29)14(3)27-35(31,34-15-7-5-4-6-8-15)25-12-16-11-21(22,23)19(33-16)28-10-9-17(24)26-20(28)30/h4-10,13-14,16,19H,11-12H2,1-3H3,(H2,24,26,30)(H2,25,27,31)/t14-,16+,19+,35?/m0/s1. The molecule has 1 fully saturated rings. The van der Waals surface area contributed by atoms with Gasteiger partial charge in [0.05, 0.1) is 12.2 Å². The SMILES string of the molecule is CC(C)OC(=O)[C@H](C)NP(=O)(NC[C@H]1CC(F)(F)[C@H](n2ccc(N)nc2=O)O1)Oc1ccccc1. The molecule has 0 radical (unpaired) electrons. The number of halogens is 2. The first-order chi connectivity index (χ1) is 16.4. The predicted molar refractivity (Wildman–Crippen MR) is 123 cm³/mol. The number of aromatic nitrogens is 2. The van der Waals surface area contributed by atoms with E-state index in [1.165, 1.54) is 13.0 Å². The van der Waals surface area contributed by atoms with Crippen molar-refractivity contribution in [2.75, 3.05) is 12.3 Å². The lowest BCUT2D eigenvalue weighted by atomic mass is 10.2. The Balaban J connectivity index is 1.74. The van der Waals surface area contributed by atoms with E-state index in [4.69, 9.17) is 19.7 Å². The lowest BCUT2D eigenvalue weighted by Crippen LogP contribution is -2.40. The number of nitrogen functional groups attached to an aromatic ring is 1. The van der Waals surface area contributed by atoms with Crippen molar-refractivity contribution in [3.8, 4) is 5.75 Å². The van der Waals surface area contributed by atoms with Crippen LogP contribution in [0.1, 0.15) is 33.4 Å². The van der Waals surface area contributed by atoms with Gasteiger partial charge < -0.3 is 19.7 Å². The Bertz CT molecular complexity index is 1130. The number of carbonyl (C=O) groups excluding carboxylic acids is 1. The molecule has 4 N–H and O–H groups in total. The van der Waals surface area contributed by atoms with Gasteiger partial charge >= 0.3 is 19.3 Å². The molecule has 1 aliphatic heterocycles. The molecule has 0 bridgehead atoms. The van der Waals surface area contributed by atoms with Gasteiger partial charge in [-0.25, -0.2) is 28.3 Å². The Labute approximate surface area is 200 Å². The van der Waals surface area contributed by atoms with E-state index < -0.39 is 56.2 Å². The summed E-state index contributed by atoms with van der Waals surface area (Å²) < 4.78 is 59.7. The first-order valence-corrected chi connectivity index (χ1v) is 12.5. The summed E-state index contributed by atoms with van der Waals surface area (Å²) >= 11 is 0. The number of rotatable bonds is 10. The van der Waals surface area contributed by atoms with Crippen molar-refractivity contribution in [3.63, 3.8) is 0 Å². The van der Waals surface area contributed by atoms with Crippen molar-refractivity contribution in [1.29, 1.82) is 0 Å². The molecule has 1 aliphatic rings. The molecule has 14 heteroatoms. The number of esters is 1. The van der Waals surface area contributed by atoms with Crippen LogP contribution in [-0.4, -0.2) is 46.2 Å². The van der Waals surface area contributed by atoms with Crippen LogP contribution >= 0.6 is 7.67 Å². The van der Waals surface area contributed by atoms with Gasteiger partial charge in [-0.05, 0) is 39.0 Å². The summed E-state index contributed by atoms with van der Waals surface area (Å²) in [6, 6.07) is 8.28. The number of carbonyl (C=O) groups is 1. The van der Waals surface area contributed by atoms with Crippen LogP contribution in [0.2, 0.25) is 0 Å². The highest BCUT2D eigenvalue weighted by Crippen LogP contribution is 2.44. The van der Waals surface area contributed by atoms with Crippen LogP contribution < -0.4 is 26.1 Å². The van der Waals surface area contributed by atoms with E-state index >= 15 is 0 Å². The fraction of sp³-hybridized carbons (Fsp3) is 0.476. The second-order valence-electron chi connectivity index (χ2n) is 8.27. The van der Waals surface area contributed by atoms with Gasteiger partial charge in [0.25, 0.3) is 5.92 Å². The lowest BCUT2D eigenvalue weighted by Gasteiger charge is -2.25. The Kier molecular flexibility index (Phi) is 8.26. The number of hydrogen-bond donors (Lipinski definition) is 3. The first-order valence-electron chi connectivity index (χ1n) is 10.8. The maximum atomic E-state index is 14.7. The van der Waals surface area contributed by atoms with Gasteiger partial charge in [0, 0.05) is 19.2 Å². The highest BCUT2D eigenvalue weighted by molar-refractivity contribution is 7.55. The second kappa shape index (κ2) is 10.8. The quantitative estimate of drug-likeness (QED) is 0.318. The topological polar surface area (TPSA) is 147 Å². The van der Waals surface area contributed by atoms with Gasteiger partial charge in [-0.2, -0.15) is 4.98 Å². The van der Waals surface area contributed by atoms with Crippen LogP contribution in [0.15, 0.2) is 47.4 Å². The summed E-state index contributed by atoms with van der Waals surface area (Å²) in [5, 5.41) is 5.17. The zero-order chi connectivity index (χ0) is 25.8. The van der Waals surface area contributed by atoms with Gasteiger partial charge in [0.1, 0.15) is 17.6 Å². The summed E-state index contributed by atoms with van der Waals surface area (Å²) in [5.41, 5.74) is 4.43. The second-order valence-corrected chi connectivity index (χ2v) is 10.1. The molecular formula is C21H28F2N5O6P. The predicted octanol–water partition coefficient (Wildman–Crippen LogP) is 2.45. The van der Waals surface area contributed by atoms with E-state index in [0.717, 1.165) is 6.20 Å². The molecule has 11 nitrogen and oxygen atoms in total. The molecular weight excluding hydrogens is 487 g/mol. The molecule has 35 heavy (non-hydrogen) atoms. The number of nitrogens with one attached hydrogen (secondary N) is 2. The maximum Gasteiger partial charge on any atom is 0.391 e. The average Bonchev–Trinajstić information content (AvgIpc) is 3.06. The molecule has 1 unspecified atom stereocenters. The van der Waals surface area contributed by atoms with Crippen molar-refractivity contribution in [3.05, 3.63) is 53.1 Å². The monoisotopic (exact) mass is 515 g/mol. The molecule has 0 saturated carbocycles. The normalized spacial score (nSPS) is 21.9. The zero-order valence-electron chi connectivity index (χ0n) is 19.4. The van der Waals surface area contributed by atoms with Crippen LogP contribution in [-0.2, 0) is 18.8 Å². The summed E-state index contributed by atoms with van der Waals surface area (Å²) in [5.74, 6) is -3.98. The smallest absolute Gasteiger partial charge is 0.391 e. The molecule has 0 amide bonds. The number of anilines is 1. The van der Waals surface area contributed by atoms with Crippen LogP contribution in [0.4, 0.5) is 14.6 Å². The minimum absolute atomic E-state index is 0.110. The van der Waals surface area contributed by atoms with Crippen LogP contribution in [0, 0.1) is 0 Å². The van der Waals surface area contributed by atoms with Gasteiger partial charge in [-0.15, -0.1) is 0 Å². The fourth-order valence-corrected chi connectivity index (χ4v) is 5.01. The Hall–Kier alpha value is -2.86. The number of nitrogens with two attached hydrogens (primary N) is 1. The fourth-order valence-electron chi connectivity index (χ4n) is 3.33. The number of ether oxygens (including phenoxy) is 2. The molecule has 3 rings (SSSR count). The first kappa shape index (κ1) is 26.7. The van der Waals surface area contributed by atoms with E-state index in [1.807, 2.05) is 0 Å². The number of alkyl halides is 2. The van der Waals surface area contributed by atoms with Gasteiger partial charge in [0.2, 0.25) is 6.23 Å². The average molecular weight is 515 g/mol. The molecule has 1 saturated heterocycles. The molecule has 2 heterocycles. The third-order valence-corrected chi connectivity index (χ3v) is 6.65. The van der Waals surface area contributed by atoms with E-state index in [1.54, 1.807) is 44.2 Å². The van der Waals surface area contributed by atoms with Crippen LogP contribution in [0.5, 0.6) is 5.75 Å². The Morgan fingerprint density at radius 3 is 2.63 bits per heavy atom. The summed E-state index contributed by atoms with van der Waals surface area (Å²) in [7, 11) is -4.02. The van der Waals surface area contributed by atoms with E-state index in [0.29, 0.717) is 4.57 Å². The van der Waals surface area contributed by atoms with Crippen molar-refractivity contribution < 1.29 is 32.1 Å². The van der Waals surface area contributed by atoms with E-state index in [-0.39, 0.29) is 18.1 Å². The van der Waals surface area contributed by atoms with Gasteiger partial charge in [-0.3, -0.25) is 9.36 Å². The minimum Gasteiger partial charge on any atom is -0.462 e. The highest BCUT2D eigenvalue weighted by atomic mass is 31.2. The van der Waals surface area contributed by atoms with E-state index in [9.17, 15) is 22.9 Å². The number of nitrogens with zero attached hydrogens (tertiary/aromatic N) is 2. The van der Waals surface area contributed by atoms with Crippen molar-refractivity contribution in [1.82, 2.24) is 19.7 Å². The molecule has 192 valence electrons. The molecule has 0 aliphatic carbocycles. The van der Waals surface area contributed by atoms with Crippen molar-refractivity contribution in [2.24, 2.45) is 0 Å². The molecule has 1 aromatic carbocycles. The summed E-state index contributed by atoms with van der Waals surface area (Å²) in [6.45, 7) is 4.42. The molecule has 2 aromatic rings. The number of para-hydroxylation sites is 1. The molecule has 0 spiro atoms. The van der Waals surface area contributed by atoms with Crippen LogP contribution in [0.25, 0.3) is 0 Å². The van der Waals surface area contributed by atoms with Gasteiger partial charge in [0.15, 0.2) is 0 Å². The third-order valence-electron chi connectivity index (χ3n) is 4.86. The summed E-state index contributed by atoms with van der Waals surface area (Å²) in [6.07, 6.45) is -3.15. The summed E-state index contributed by atoms with van der Waals surface area (Å²) in [4.78, 5) is 27.7. The molecule has 4 atom stereocenters. The lowest BCUT2D eigenvalue weighted by molar-refractivity contribution is -0.149. The van der Waals surface area contributed by atoms with E-state index in [2.05, 4.69) is 15.2 Å². The van der Waals surface area contributed by atoms with Crippen molar-refractivity contribution in [2.45, 2.75) is 57.6 Å². The van der Waals surface area contributed by atoms with Gasteiger partial charge in [-0.1, -0.05) is 18.2 Å². The third kappa shape index (κ3) is 7.07. The molecule has 1 aromatic heterocycles. The Morgan fingerprint density at radius 1 is 1.31 bits per heavy atom. The number of benzene rings is 1. The number of hydrogen-bond acceptors (Lipinski definition) is 8.